The average molecular weight is 392 g/mol. The molecule has 0 saturated carbocycles. The molecule has 1 aromatic heterocycles. The third-order valence-corrected chi connectivity index (χ3v) is 5.00. The lowest BCUT2D eigenvalue weighted by molar-refractivity contribution is -0.142. The van der Waals surface area contributed by atoms with Crippen LogP contribution >= 0.6 is 15.9 Å². The summed E-state index contributed by atoms with van der Waals surface area (Å²) in [5.41, 5.74) is 2.11. The Morgan fingerprint density at radius 1 is 1.33 bits per heavy atom. The van der Waals surface area contributed by atoms with E-state index in [2.05, 4.69) is 21.0 Å². The first kappa shape index (κ1) is 16.7. The molecule has 1 saturated heterocycles. The molecule has 0 unspecified atom stereocenters. The highest BCUT2D eigenvalue weighted by atomic mass is 79.9. The molecule has 7 heteroatoms. The van der Waals surface area contributed by atoms with Crippen LogP contribution in [0, 0.1) is 18.8 Å². The maximum Gasteiger partial charge on any atom is 0.308 e. The zero-order chi connectivity index (χ0) is 17.4. The van der Waals surface area contributed by atoms with Crippen LogP contribution in [0.3, 0.4) is 0 Å². The quantitative estimate of drug-likeness (QED) is 0.872. The summed E-state index contributed by atoms with van der Waals surface area (Å²) in [5, 5.41) is 13.6. The van der Waals surface area contributed by atoms with Crippen molar-refractivity contribution in [3.63, 3.8) is 0 Å². The smallest absolute Gasteiger partial charge is 0.308 e. The zero-order valence-electron chi connectivity index (χ0n) is 13.4. The van der Waals surface area contributed by atoms with Crippen LogP contribution in [0.4, 0.5) is 0 Å². The lowest BCUT2D eigenvalue weighted by Crippen LogP contribution is -2.30. The summed E-state index contributed by atoms with van der Waals surface area (Å²) >= 11 is 3.43. The summed E-state index contributed by atoms with van der Waals surface area (Å²) in [7, 11) is 0. The molecule has 126 valence electrons. The summed E-state index contributed by atoms with van der Waals surface area (Å²) in [6.45, 7) is 4.41. The minimum absolute atomic E-state index is 0.0492. The number of hydrogen-bond acceptors (Lipinski definition) is 3. The molecule has 1 N–H and O–H groups in total. The van der Waals surface area contributed by atoms with Crippen molar-refractivity contribution in [3.8, 4) is 5.69 Å². The second-order valence-electron chi connectivity index (χ2n) is 6.17. The number of benzene rings is 1. The Morgan fingerprint density at radius 2 is 2.08 bits per heavy atom. The molecule has 2 aromatic rings. The van der Waals surface area contributed by atoms with Crippen molar-refractivity contribution in [2.24, 2.45) is 11.8 Å². The lowest BCUT2D eigenvalue weighted by Gasteiger charge is -2.15. The largest absolute Gasteiger partial charge is 0.481 e. The molecule has 2 atom stereocenters. The van der Waals surface area contributed by atoms with Crippen LogP contribution in [-0.2, 0) is 4.79 Å². The van der Waals surface area contributed by atoms with Gasteiger partial charge in [0.2, 0.25) is 0 Å². The molecule has 1 amide bonds. The van der Waals surface area contributed by atoms with Gasteiger partial charge in [-0.2, -0.15) is 5.10 Å². The van der Waals surface area contributed by atoms with Crippen LogP contribution in [0.5, 0.6) is 0 Å². The minimum atomic E-state index is -0.848. The van der Waals surface area contributed by atoms with Gasteiger partial charge in [0, 0.05) is 17.6 Å². The van der Waals surface area contributed by atoms with E-state index in [0.29, 0.717) is 12.1 Å². The Labute approximate surface area is 148 Å². The second kappa shape index (κ2) is 6.39. The van der Waals surface area contributed by atoms with Gasteiger partial charge < -0.3 is 10.0 Å². The van der Waals surface area contributed by atoms with Crippen molar-refractivity contribution in [1.82, 2.24) is 14.7 Å². The Balaban J connectivity index is 1.86. The van der Waals surface area contributed by atoms with Gasteiger partial charge in [-0.3, -0.25) is 9.59 Å². The lowest BCUT2D eigenvalue weighted by atomic mass is 9.99. The normalized spacial score (nSPS) is 20.4. The van der Waals surface area contributed by atoms with E-state index in [1.807, 2.05) is 38.1 Å². The highest BCUT2D eigenvalue weighted by Crippen LogP contribution is 2.26. The number of carbonyl (C=O) groups excluding carboxylic acids is 1. The van der Waals surface area contributed by atoms with E-state index in [-0.39, 0.29) is 18.4 Å². The summed E-state index contributed by atoms with van der Waals surface area (Å²) in [4.78, 5) is 25.6. The topological polar surface area (TPSA) is 75.4 Å². The van der Waals surface area contributed by atoms with Crippen molar-refractivity contribution >= 4 is 27.8 Å². The number of carboxylic acid groups (broad SMARTS) is 1. The highest BCUT2D eigenvalue weighted by Gasteiger charge is 2.37. The van der Waals surface area contributed by atoms with Gasteiger partial charge in [-0.05, 0) is 31.0 Å². The average Bonchev–Trinajstić information content (AvgIpc) is 3.10. The van der Waals surface area contributed by atoms with Gasteiger partial charge >= 0.3 is 5.97 Å². The molecule has 0 bridgehead atoms. The molecule has 1 fully saturated rings. The first-order valence-corrected chi connectivity index (χ1v) is 8.50. The number of aromatic nitrogens is 2. The third kappa shape index (κ3) is 2.96. The van der Waals surface area contributed by atoms with Crippen LogP contribution < -0.4 is 0 Å². The van der Waals surface area contributed by atoms with Crippen LogP contribution in [0.15, 0.2) is 34.9 Å². The van der Waals surface area contributed by atoms with E-state index in [1.165, 1.54) is 0 Å². The van der Waals surface area contributed by atoms with E-state index < -0.39 is 11.9 Å². The number of halogens is 1. The number of likely N-dealkylation sites (tertiary alicyclic amines) is 1. The van der Waals surface area contributed by atoms with Crippen molar-refractivity contribution in [2.75, 3.05) is 13.1 Å². The molecule has 6 nitrogen and oxygen atoms in total. The first-order chi connectivity index (χ1) is 11.4. The number of amides is 1. The van der Waals surface area contributed by atoms with Gasteiger partial charge in [-0.15, -0.1) is 0 Å². The van der Waals surface area contributed by atoms with Crippen LogP contribution in [0.1, 0.15) is 23.0 Å². The molecular weight excluding hydrogens is 374 g/mol. The molecule has 1 aromatic carbocycles. The fourth-order valence-corrected chi connectivity index (χ4v) is 3.50. The number of carbonyl (C=O) groups is 2. The molecular formula is C17H18BrN3O3. The SMILES string of the molecule is Cc1c(C(=O)N2C[C@@H](C)[C@H](C(=O)O)C2)cnn1-c1cccc(Br)c1. The van der Waals surface area contributed by atoms with Crippen molar-refractivity contribution in [2.45, 2.75) is 13.8 Å². The molecule has 24 heavy (non-hydrogen) atoms. The van der Waals surface area contributed by atoms with Gasteiger partial charge in [0.15, 0.2) is 0 Å². The monoisotopic (exact) mass is 391 g/mol. The zero-order valence-corrected chi connectivity index (χ0v) is 15.0. The van der Waals surface area contributed by atoms with Gasteiger partial charge in [0.05, 0.1) is 29.1 Å². The number of aliphatic carboxylic acids is 1. The van der Waals surface area contributed by atoms with Crippen molar-refractivity contribution < 1.29 is 14.7 Å². The van der Waals surface area contributed by atoms with Gasteiger partial charge in [0.25, 0.3) is 5.91 Å². The molecule has 2 heterocycles. The number of rotatable bonds is 3. The minimum Gasteiger partial charge on any atom is -0.481 e. The third-order valence-electron chi connectivity index (χ3n) is 4.51. The number of carboxylic acids is 1. The van der Waals surface area contributed by atoms with Crippen molar-refractivity contribution in [3.05, 3.63) is 46.2 Å². The predicted octanol–water partition coefficient (Wildman–Crippen LogP) is 2.74. The molecule has 3 rings (SSSR count). The molecule has 0 spiro atoms. The van der Waals surface area contributed by atoms with E-state index in [4.69, 9.17) is 0 Å². The summed E-state index contributed by atoms with van der Waals surface area (Å²) in [5.74, 6) is -1.56. The molecule has 1 aliphatic heterocycles. The van der Waals surface area contributed by atoms with Gasteiger partial charge in [0.1, 0.15) is 0 Å². The second-order valence-corrected chi connectivity index (χ2v) is 7.08. The van der Waals surface area contributed by atoms with E-state index in [1.54, 1.807) is 15.8 Å². The van der Waals surface area contributed by atoms with Crippen molar-refractivity contribution in [1.29, 1.82) is 0 Å². The van der Waals surface area contributed by atoms with E-state index in [0.717, 1.165) is 15.9 Å². The Hall–Kier alpha value is -2.15. The Morgan fingerprint density at radius 3 is 2.71 bits per heavy atom. The maximum atomic E-state index is 12.8. The summed E-state index contributed by atoms with van der Waals surface area (Å²) < 4.78 is 2.65. The highest BCUT2D eigenvalue weighted by molar-refractivity contribution is 9.10. The summed E-state index contributed by atoms with van der Waals surface area (Å²) in [6.07, 6.45) is 1.55. The van der Waals surface area contributed by atoms with Crippen LogP contribution in [0.25, 0.3) is 5.69 Å². The first-order valence-electron chi connectivity index (χ1n) is 7.71. The molecule has 0 radical (unpaired) electrons. The Bertz CT molecular complexity index is 802. The van der Waals surface area contributed by atoms with Crippen LogP contribution in [0.2, 0.25) is 0 Å². The standard InChI is InChI=1S/C17H18BrN3O3/c1-10-8-20(9-15(10)17(23)24)16(22)14-7-19-21(11(14)2)13-5-3-4-12(18)6-13/h3-7,10,15H,8-9H2,1-2H3,(H,23,24)/t10-,15-/m1/s1. The fraction of sp³-hybridized carbons (Fsp3) is 0.353. The van der Waals surface area contributed by atoms with Gasteiger partial charge in [-0.25, -0.2) is 4.68 Å². The maximum absolute atomic E-state index is 12.8. The van der Waals surface area contributed by atoms with Gasteiger partial charge in [-0.1, -0.05) is 28.9 Å². The molecule has 0 aliphatic carbocycles. The van der Waals surface area contributed by atoms with E-state index in [9.17, 15) is 14.7 Å². The fourth-order valence-electron chi connectivity index (χ4n) is 3.11. The summed E-state index contributed by atoms with van der Waals surface area (Å²) in [6, 6.07) is 7.66. The number of nitrogens with zero attached hydrogens (tertiary/aromatic N) is 3. The van der Waals surface area contributed by atoms with E-state index >= 15 is 0 Å². The molecule has 1 aliphatic rings. The predicted molar refractivity (Wildman–Crippen MR) is 92.2 cm³/mol. The van der Waals surface area contributed by atoms with Crippen LogP contribution in [-0.4, -0.2) is 44.8 Å². The Kier molecular flexibility index (Phi) is 4.45. The number of hydrogen-bond donors (Lipinski definition) is 1.